The molecule has 4 heteroatoms. The summed E-state index contributed by atoms with van der Waals surface area (Å²) in [5.74, 6) is -0.853. The van der Waals surface area contributed by atoms with Gasteiger partial charge in [-0.15, -0.1) is 0 Å². The number of aryl methyl sites for hydroxylation is 1. The van der Waals surface area contributed by atoms with Crippen molar-refractivity contribution in [2.75, 3.05) is 0 Å². The molecule has 0 aliphatic heterocycles. The van der Waals surface area contributed by atoms with Gasteiger partial charge >= 0.3 is 0 Å². The van der Waals surface area contributed by atoms with Crippen molar-refractivity contribution in [3.05, 3.63) is 69.7 Å². The van der Waals surface area contributed by atoms with Gasteiger partial charge in [0.15, 0.2) is 0 Å². The van der Waals surface area contributed by atoms with Gasteiger partial charge in [0.1, 0.15) is 11.6 Å². The number of benzene rings is 2. The first-order valence-corrected chi connectivity index (χ1v) is 6.63. The van der Waals surface area contributed by atoms with Crippen LogP contribution >= 0.6 is 27.5 Å². The van der Waals surface area contributed by atoms with Crippen molar-refractivity contribution in [3.63, 3.8) is 0 Å². The highest BCUT2D eigenvalue weighted by molar-refractivity contribution is 9.09. The summed E-state index contributed by atoms with van der Waals surface area (Å²) >= 11 is 9.26. The van der Waals surface area contributed by atoms with Gasteiger partial charge in [0.05, 0.1) is 4.83 Å². The number of hydrogen-bond donors (Lipinski definition) is 0. The zero-order valence-electron chi connectivity index (χ0n) is 9.55. The highest BCUT2D eigenvalue weighted by Gasteiger charge is 2.17. The van der Waals surface area contributed by atoms with E-state index in [0.717, 1.165) is 5.56 Å². The molecule has 0 nitrogen and oxygen atoms in total. The maximum atomic E-state index is 13.8. The predicted molar refractivity (Wildman–Crippen MR) is 73.3 cm³/mol. The topological polar surface area (TPSA) is 0 Å². The Morgan fingerprint density at radius 2 is 1.83 bits per heavy atom. The van der Waals surface area contributed by atoms with Crippen molar-refractivity contribution in [2.24, 2.45) is 0 Å². The Morgan fingerprint density at radius 1 is 1.11 bits per heavy atom. The Morgan fingerprint density at radius 3 is 2.50 bits per heavy atom. The number of rotatable bonds is 2. The SMILES string of the molecule is Cc1cc(F)c(C(Br)c2cccc(Cl)c2)cc1F. The molecule has 1 atom stereocenters. The summed E-state index contributed by atoms with van der Waals surface area (Å²) in [5, 5.41) is 0.560. The molecule has 1 unspecified atom stereocenters. The lowest BCUT2D eigenvalue weighted by Crippen LogP contribution is -1.99. The van der Waals surface area contributed by atoms with E-state index >= 15 is 0 Å². The Balaban J connectivity index is 2.46. The van der Waals surface area contributed by atoms with Crippen LogP contribution in [-0.4, -0.2) is 0 Å². The lowest BCUT2D eigenvalue weighted by molar-refractivity contribution is 0.581. The van der Waals surface area contributed by atoms with Crippen LogP contribution in [0.1, 0.15) is 21.5 Å². The summed E-state index contributed by atoms with van der Waals surface area (Å²) in [5.41, 5.74) is 1.34. The van der Waals surface area contributed by atoms with Crippen molar-refractivity contribution in [2.45, 2.75) is 11.8 Å². The molecule has 18 heavy (non-hydrogen) atoms. The average molecular weight is 332 g/mol. The molecule has 0 amide bonds. The van der Waals surface area contributed by atoms with E-state index < -0.39 is 16.5 Å². The van der Waals surface area contributed by atoms with Crippen LogP contribution in [0.2, 0.25) is 5.02 Å². The molecule has 0 heterocycles. The van der Waals surface area contributed by atoms with Crippen LogP contribution in [0.4, 0.5) is 8.78 Å². The fraction of sp³-hybridized carbons (Fsp3) is 0.143. The van der Waals surface area contributed by atoms with Crippen molar-refractivity contribution >= 4 is 27.5 Å². The van der Waals surface area contributed by atoms with Crippen molar-refractivity contribution < 1.29 is 8.78 Å². The van der Waals surface area contributed by atoms with E-state index in [4.69, 9.17) is 11.6 Å². The minimum absolute atomic E-state index is 0.264. The van der Waals surface area contributed by atoms with Crippen LogP contribution in [-0.2, 0) is 0 Å². The minimum atomic E-state index is -0.434. The maximum Gasteiger partial charge on any atom is 0.128 e. The van der Waals surface area contributed by atoms with Crippen molar-refractivity contribution in [1.29, 1.82) is 0 Å². The number of halogens is 4. The highest BCUT2D eigenvalue weighted by atomic mass is 79.9. The van der Waals surface area contributed by atoms with Crippen LogP contribution in [0.3, 0.4) is 0 Å². The van der Waals surface area contributed by atoms with Gasteiger partial charge in [-0.25, -0.2) is 8.78 Å². The third kappa shape index (κ3) is 2.73. The first-order chi connectivity index (χ1) is 8.49. The van der Waals surface area contributed by atoms with E-state index in [2.05, 4.69) is 15.9 Å². The largest absolute Gasteiger partial charge is 0.207 e. The Labute approximate surface area is 118 Å². The van der Waals surface area contributed by atoms with Crippen LogP contribution in [0, 0.1) is 18.6 Å². The second kappa shape index (κ2) is 5.37. The molecule has 94 valence electrons. The van der Waals surface area contributed by atoms with Crippen LogP contribution < -0.4 is 0 Å². The van der Waals surface area contributed by atoms with Gasteiger partial charge in [-0.05, 0) is 42.3 Å². The van der Waals surface area contributed by atoms with Crippen molar-refractivity contribution in [1.82, 2.24) is 0 Å². The molecule has 2 aromatic rings. The smallest absolute Gasteiger partial charge is 0.128 e. The summed E-state index contributed by atoms with van der Waals surface area (Å²) in [7, 11) is 0. The fourth-order valence-corrected chi connectivity index (χ4v) is 2.53. The normalized spacial score (nSPS) is 12.5. The van der Waals surface area contributed by atoms with E-state index in [-0.39, 0.29) is 5.56 Å². The molecule has 2 rings (SSSR count). The molecule has 0 saturated carbocycles. The van der Waals surface area contributed by atoms with E-state index in [0.29, 0.717) is 10.6 Å². The second-order valence-electron chi connectivity index (χ2n) is 4.04. The van der Waals surface area contributed by atoms with Crippen LogP contribution in [0.5, 0.6) is 0 Å². The minimum Gasteiger partial charge on any atom is -0.207 e. The number of hydrogen-bond acceptors (Lipinski definition) is 0. The van der Waals surface area contributed by atoms with Gasteiger partial charge in [-0.1, -0.05) is 39.7 Å². The third-order valence-corrected chi connectivity index (χ3v) is 3.95. The molecule has 0 radical (unpaired) electrons. The summed E-state index contributed by atoms with van der Waals surface area (Å²) in [6.45, 7) is 1.53. The molecular formula is C14H10BrClF2. The molecule has 0 spiro atoms. The Kier molecular flexibility index (Phi) is 4.03. The quantitative estimate of drug-likeness (QED) is 0.645. The van der Waals surface area contributed by atoms with E-state index in [1.54, 1.807) is 18.2 Å². The predicted octanol–water partition coefficient (Wildman–Crippen LogP) is 5.41. The molecule has 2 aromatic carbocycles. The average Bonchev–Trinajstić information content (AvgIpc) is 2.33. The molecule has 0 fully saturated rings. The maximum absolute atomic E-state index is 13.8. The first-order valence-electron chi connectivity index (χ1n) is 5.34. The second-order valence-corrected chi connectivity index (χ2v) is 5.39. The molecule has 0 aliphatic carbocycles. The van der Waals surface area contributed by atoms with E-state index in [1.807, 2.05) is 6.07 Å². The number of alkyl halides is 1. The molecule has 0 aromatic heterocycles. The van der Waals surface area contributed by atoms with Gasteiger partial charge in [-0.3, -0.25) is 0 Å². The van der Waals surface area contributed by atoms with Crippen LogP contribution in [0.25, 0.3) is 0 Å². The van der Waals surface area contributed by atoms with E-state index in [1.165, 1.54) is 19.1 Å². The van der Waals surface area contributed by atoms with Gasteiger partial charge in [-0.2, -0.15) is 0 Å². The van der Waals surface area contributed by atoms with Gasteiger partial charge in [0, 0.05) is 10.6 Å². The third-order valence-electron chi connectivity index (χ3n) is 2.69. The Hall–Kier alpha value is -0.930. The summed E-state index contributed by atoms with van der Waals surface area (Å²) in [6, 6.07) is 9.44. The molecule has 0 aliphatic rings. The van der Waals surface area contributed by atoms with E-state index in [9.17, 15) is 8.78 Å². The summed E-state index contributed by atoms with van der Waals surface area (Å²) < 4.78 is 27.3. The summed E-state index contributed by atoms with van der Waals surface area (Å²) in [6.07, 6.45) is 0. The highest BCUT2D eigenvalue weighted by Crippen LogP contribution is 2.34. The van der Waals surface area contributed by atoms with Gasteiger partial charge < -0.3 is 0 Å². The summed E-state index contributed by atoms with van der Waals surface area (Å²) in [4.78, 5) is -0.425. The van der Waals surface area contributed by atoms with Gasteiger partial charge in [0.25, 0.3) is 0 Å². The Bertz CT molecular complexity index is 584. The first kappa shape index (κ1) is 13.5. The lowest BCUT2D eigenvalue weighted by atomic mass is 10.0. The molecule has 0 N–H and O–H groups in total. The van der Waals surface area contributed by atoms with Gasteiger partial charge in [0.2, 0.25) is 0 Å². The lowest BCUT2D eigenvalue weighted by Gasteiger charge is -2.13. The fourth-order valence-electron chi connectivity index (χ4n) is 1.70. The standard InChI is InChI=1S/C14H10BrClF2/c1-8-5-13(18)11(7-12(8)17)14(15)9-3-2-4-10(16)6-9/h2-7,14H,1H3. The molecule has 0 bridgehead atoms. The van der Waals surface area contributed by atoms with Crippen molar-refractivity contribution in [3.8, 4) is 0 Å². The molecule has 0 saturated heterocycles. The zero-order chi connectivity index (χ0) is 13.3. The monoisotopic (exact) mass is 330 g/mol. The zero-order valence-corrected chi connectivity index (χ0v) is 11.9. The van der Waals surface area contributed by atoms with Crippen LogP contribution in [0.15, 0.2) is 36.4 Å². The molecular weight excluding hydrogens is 322 g/mol.